The van der Waals surface area contributed by atoms with E-state index >= 15 is 0 Å². The summed E-state index contributed by atoms with van der Waals surface area (Å²) in [6.07, 6.45) is 2.92. The highest BCUT2D eigenvalue weighted by atomic mass is 16.6. The number of aromatic hydroxyl groups is 1. The number of rotatable bonds is 16. The molecule has 1 aliphatic heterocycles. The monoisotopic (exact) mass is 745 g/mol. The number of carbonyl (C=O) groups is 4. The quantitative estimate of drug-likeness (QED) is 0.115. The van der Waals surface area contributed by atoms with Crippen molar-refractivity contribution in [2.24, 2.45) is 0 Å². The fraction of sp³-hybridized carbons (Fsp3) is 0.463. The van der Waals surface area contributed by atoms with Crippen LogP contribution in [0.15, 0.2) is 60.7 Å². The Bertz CT molecular complexity index is 1750. The number of nitrogens with one attached hydrogen (secondary N) is 2. The van der Waals surface area contributed by atoms with Gasteiger partial charge in [0, 0.05) is 51.8 Å². The molecule has 54 heavy (non-hydrogen) atoms. The second kappa shape index (κ2) is 19.7. The molecule has 292 valence electrons. The highest BCUT2D eigenvalue weighted by Gasteiger charge is 2.22. The number of para-hydroxylation sites is 1. The Balaban J connectivity index is 1.28. The van der Waals surface area contributed by atoms with Crippen LogP contribution in [0.4, 0.5) is 16.2 Å². The molecule has 13 heteroatoms. The number of hydrogen-bond donors (Lipinski definition) is 3. The Labute approximate surface area is 318 Å². The number of piperazine rings is 1. The molecule has 1 saturated heterocycles. The van der Waals surface area contributed by atoms with Crippen LogP contribution in [0, 0.1) is 6.92 Å². The van der Waals surface area contributed by atoms with Gasteiger partial charge in [0.15, 0.2) is 0 Å². The van der Waals surface area contributed by atoms with Crippen LogP contribution in [0.2, 0.25) is 0 Å². The molecule has 0 spiro atoms. The van der Waals surface area contributed by atoms with Crippen LogP contribution in [0.1, 0.15) is 79.2 Å². The van der Waals surface area contributed by atoms with E-state index in [1.807, 2.05) is 30.0 Å². The summed E-state index contributed by atoms with van der Waals surface area (Å²) in [5, 5.41) is 16.2. The zero-order valence-electron chi connectivity index (χ0n) is 32.4. The van der Waals surface area contributed by atoms with Crippen molar-refractivity contribution in [3.63, 3.8) is 0 Å². The molecule has 3 N–H and O–H groups in total. The van der Waals surface area contributed by atoms with Crippen LogP contribution in [0.5, 0.6) is 17.2 Å². The van der Waals surface area contributed by atoms with E-state index < -0.39 is 17.6 Å². The average Bonchev–Trinajstić information content (AvgIpc) is 3.12. The van der Waals surface area contributed by atoms with E-state index in [-0.39, 0.29) is 41.0 Å². The maximum absolute atomic E-state index is 13.6. The summed E-state index contributed by atoms with van der Waals surface area (Å²) in [7, 11) is 3.71. The van der Waals surface area contributed by atoms with Crippen LogP contribution in [0.25, 0.3) is 0 Å². The molecule has 0 unspecified atom stereocenters. The Hall–Kier alpha value is -5.30. The van der Waals surface area contributed by atoms with Gasteiger partial charge in [0.25, 0.3) is 11.8 Å². The van der Waals surface area contributed by atoms with E-state index in [4.69, 9.17) is 14.2 Å². The lowest BCUT2D eigenvalue weighted by Gasteiger charge is -2.32. The number of benzene rings is 3. The number of phenols is 1. The van der Waals surface area contributed by atoms with Gasteiger partial charge in [-0.05, 0) is 108 Å². The van der Waals surface area contributed by atoms with Crippen LogP contribution < -0.4 is 25.0 Å². The number of unbranched alkanes of at least 4 members (excludes halogenated alkanes) is 2. The third-order valence-corrected chi connectivity index (χ3v) is 8.80. The normalized spacial score (nSPS) is 13.2. The van der Waals surface area contributed by atoms with Gasteiger partial charge in [-0.25, -0.2) is 4.79 Å². The molecule has 0 saturated carbocycles. The van der Waals surface area contributed by atoms with E-state index in [9.17, 15) is 24.3 Å². The largest absolute Gasteiger partial charge is 0.506 e. The SMILES string of the molecule is Cc1ccc(N(C)C(=O)c2ccc(NC(=O)c3ccccc3OCCCNC(=O)OC(C)(C)C)c(O)c2)c(OCCCCCC(=O)N2CCN(C)CC2)c1. The molecule has 0 aliphatic carbocycles. The van der Waals surface area contributed by atoms with E-state index in [1.54, 1.807) is 52.1 Å². The van der Waals surface area contributed by atoms with Gasteiger partial charge in [-0.2, -0.15) is 0 Å². The van der Waals surface area contributed by atoms with Crippen molar-refractivity contribution in [2.75, 3.05) is 70.2 Å². The molecule has 13 nitrogen and oxygen atoms in total. The van der Waals surface area contributed by atoms with Crippen molar-refractivity contribution >= 4 is 35.2 Å². The van der Waals surface area contributed by atoms with Crippen LogP contribution in [-0.4, -0.2) is 104 Å². The lowest BCUT2D eigenvalue weighted by Crippen LogP contribution is -2.47. The van der Waals surface area contributed by atoms with Gasteiger partial charge < -0.3 is 44.7 Å². The standard InChI is InChI=1S/C41H55N5O8/c1-29-16-19-33(36(27-29)53-25-11-7-8-15-37(48)46-23-21-44(5)22-24-46)45(6)39(50)30-17-18-32(34(47)28-30)43-38(49)31-13-9-10-14-35(31)52-26-12-20-42-40(51)54-41(2,3)4/h9-10,13-14,16-19,27-28,47H,7-8,11-12,15,20-26H2,1-6H3,(H,42,51)(H,43,49). The van der Waals surface area contributed by atoms with Crippen molar-refractivity contribution in [3.05, 3.63) is 77.4 Å². The molecule has 0 atom stereocenters. The van der Waals surface area contributed by atoms with Crippen molar-refractivity contribution < 1.29 is 38.5 Å². The first-order valence-electron chi connectivity index (χ1n) is 18.5. The molecule has 0 radical (unpaired) electrons. The predicted octanol–water partition coefficient (Wildman–Crippen LogP) is 6.24. The number of likely N-dealkylation sites (N-methyl/N-ethyl adjacent to an activating group) is 1. The smallest absolute Gasteiger partial charge is 0.407 e. The Kier molecular flexibility index (Phi) is 15.1. The Morgan fingerprint density at radius 3 is 2.28 bits per heavy atom. The Morgan fingerprint density at radius 2 is 1.56 bits per heavy atom. The number of aryl methyl sites for hydroxylation is 1. The number of carbonyl (C=O) groups excluding carboxylic acids is 4. The minimum absolute atomic E-state index is 0.125. The van der Waals surface area contributed by atoms with E-state index in [0.717, 1.165) is 51.0 Å². The summed E-state index contributed by atoms with van der Waals surface area (Å²) in [5.74, 6) is -0.0478. The van der Waals surface area contributed by atoms with Crippen molar-refractivity contribution in [1.29, 1.82) is 0 Å². The minimum atomic E-state index is -0.592. The lowest BCUT2D eigenvalue weighted by molar-refractivity contribution is -0.132. The van der Waals surface area contributed by atoms with Gasteiger partial charge in [-0.3, -0.25) is 14.4 Å². The number of hydrogen-bond acceptors (Lipinski definition) is 9. The molecule has 1 fully saturated rings. The molecule has 3 aromatic rings. The Morgan fingerprint density at radius 1 is 0.852 bits per heavy atom. The van der Waals surface area contributed by atoms with E-state index in [0.29, 0.717) is 43.2 Å². The van der Waals surface area contributed by atoms with Gasteiger partial charge in [0.05, 0.1) is 30.2 Å². The second-order valence-corrected chi connectivity index (χ2v) is 14.5. The number of ether oxygens (including phenoxy) is 3. The third-order valence-electron chi connectivity index (χ3n) is 8.80. The maximum atomic E-state index is 13.6. The molecule has 1 heterocycles. The van der Waals surface area contributed by atoms with E-state index in [1.165, 1.54) is 23.1 Å². The maximum Gasteiger partial charge on any atom is 0.407 e. The molecule has 4 rings (SSSR count). The van der Waals surface area contributed by atoms with E-state index in [2.05, 4.69) is 22.6 Å². The number of anilines is 2. The zero-order chi connectivity index (χ0) is 39.3. The van der Waals surface area contributed by atoms with Gasteiger partial charge in [0.1, 0.15) is 22.8 Å². The number of amides is 4. The van der Waals surface area contributed by atoms with Crippen LogP contribution in [0.3, 0.4) is 0 Å². The second-order valence-electron chi connectivity index (χ2n) is 14.5. The summed E-state index contributed by atoms with van der Waals surface area (Å²) in [6.45, 7) is 11.7. The average molecular weight is 746 g/mol. The first-order valence-corrected chi connectivity index (χ1v) is 18.5. The number of nitrogens with zero attached hydrogens (tertiary/aromatic N) is 3. The van der Waals surface area contributed by atoms with Gasteiger partial charge in [-0.15, -0.1) is 0 Å². The van der Waals surface area contributed by atoms with Crippen LogP contribution in [-0.2, 0) is 9.53 Å². The predicted molar refractivity (Wildman–Crippen MR) is 209 cm³/mol. The topological polar surface area (TPSA) is 150 Å². The number of alkyl carbamates (subject to hydrolysis) is 1. The summed E-state index contributed by atoms with van der Waals surface area (Å²) in [6, 6.07) is 16.6. The first kappa shape index (κ1) is 41.5. The van der Waals surface area contributed by atoms with Gasteiger partial charge in [-0.1, -0.05) is 18.2 Å². The number of phenolic OH excluding ortho intramolecular Hbond substituents is 1. The van der Waals surface area contributed by atoms with Crippen molar-refractivity contribution in [1.82, 2.24) is 15.1 Å². The molecule has 0 aromatic heterocycles. The molecule has 1 aliphatic rings. The zero-order valence-corrected chi connectivity index (χ0v) is 32.4. The van der Waals surface area contributed by atoms with Gasteiger partial charge in [0.2, 0.25) is 5.91 Å². The summed E-state index contributed by atoms with van der Waals surface area (Å²) < 4.78 is 17.2. The fourth-order valence-corrected chi connectivity index (χ4v) is 5.77. The molecule has 0 bridgehead atoms. The highest BCUT2D eigenvalue weighted by Crippen LogP contribution is 2.32. The fourth-order valence-electron chi connectivity index (χ4n) is 5.77. The summed E-state index contributed by atoms with van der Waals surface area (Å²) in [5.41, 5.74) is 1.55. The van der Waals surface area contributed by atoms with Crippen molar-refractivity contribution in [3.8, 4) is 17.2 Å². The molecular formula is C41H55N5O8. The summed E-state index contributed by atoms with van der Waals surface area (Å²) in [4.78, 5) is 56.9. The van der Waals surface area contributed by atoms with Gasteiger partial charge >= 0.3 is 6.09 Å². The summed E-state index contributed by atoms with van der Waals surface area (Å²) >= 11 is 0. The highest BCUT2D eigenvalue weighted by molar-refractivity contribution is 6.09. The lowest BCUT2D eigenvalue weighted by atomic mass is 10.1. The van der Waals surface area contributed by atoms with Crippen LogP contribution >= 0.6 is 0 Å². The third kappa shape index (κ3) is 12.7. The molecular weight excluding hydrogens is 690 g/mol. The molecule has 3 aromatic carbocycles. The first-order chi connectivity index (χ1) is 25.7. The minimum Gasteiger partial charge on any atom is -0.506 e. The molecule has 4 amide bonds. The van der Waals surface area contributed by atoms with Crippen molar-refractivity contribution in [2.45, 2.75) is 65.4 Å².